The molecule has 4 atom stereocenters. The van der Waals surface area contributed by atoms with E-state index in [1.54, 1.807) is 11.8 Å². The molecule has 36 heavy (non-hydrogen) atoms. The van der Waals surface area contributed by atoms with E-state index in [0.717, 1.165) is 27.8 Å². The average molecular weight is 507 g/mol. The standard InChI is InChI=1S/C32H26O2S2/c33-30-29(28(24-17-9-3-10-18-24)25-19-11-4-12-20-25)27(31-35-32(30)36(31)34)21-26(22-13-5-1-6-14-22)23-15-7-2-8-16-23/h1-21,26,28-29,31-32H/t29?,31?,32-,36?/m1/s1. The summed E-state index contributed by atoms with van der Waals surface area (Å²) in [5, 5.41) is 0. The monoisotopic (exact) mass is 506 g/mol. The Labute approximate surface area is 218 Å². The highest BCUT2D eigenvalue weighted by atomic mass is 32.3. The molecule has 0 N–H and O–H groups in total. The molecule has 3 heterocycles. The van der Waals surface area contributed by atoms with E-state index in [0.29, 0.717) is 0 Å². The number of hydrogen-bond donors (Lipinski definition) is 0. The van der Waals surface area contributed by atoms with Crippen LogP contribution in [0.5, 0.6) is 0 Å². The molecule has 3 aliphatic rings. The number of hydrogen-bond acceptors (Lipinski definition) is 3. The molecular formula is C32H26O2S2. The van der Waals surface area contributed by atoms with Gasteiger partial charge in [0.25, 0.3) is 0 Å². The van der Waals surface area contributed by atoms with Crippen LogP contribution < -0.4 is 0 Å². The van der Waals surface area contributed by atoms with Crippen molar-refractivity contribution in [2.24, 2.45) is 5.92 Å². The fourth-order valence-electron chi connectivity index (χ4n) is 5.47. The van der Waals surface area contributed by atoms with Gasteiger partial charge in [0.15, 0.2) is 5.78 Å². The molecule has 4 aromatic rings. The lowest BCUT2D eigenvalue weighted by Crippen LogP contribution is -2.53. The first-order chi connectivity index (χ1) is 17.7. The molecule has 2 nitrogen and oxygen atoms in total. The lowest BCUT2D eigenvalue weighted by molar-refractivity contribution is -0.120. The van der Waals surface area contributed by atoms with Crippen LogP contribution in [0, 0.1) is 5.92 Å². The van der Waals surface area contributed by atoms with Gasteiger partial charge in [-0.15, -0.1) is 11.8 Å². The number of thioether (sulfide) groups is 1. The van der Waals surface area contributed by atoms with E-state index in [4.69, 9.17) is 0 Å². The van der Waals surface area contributed by atoms with Crippen molar-refractivity contribution in [3.05, 3.63) is 155 Å². The summed E-state index contributed by atoms with van der Waals surface area (Å²) in [5.74, 6) is -0.412. The third-order valence-electron chi connectivity index (χ3n) is 7.17. The molecule has 0 aliphatic carbocycles. The number of Topliss-reactive ketones (excluding diaryl/α,β-unsaturated/α-hetero) is 1. The number of benzene rings is 4. The van der Waals surface area contributed by atoms with Crippen molar-refractivity contribution in [2.75, 3.05) is 0 Å². The third-order valence-corrected chi connectivity index (χ3v) is 11.3. The summed E-state index contributed by atoms with van der Waals surface area (Å²) in [7, 11) is -1.18. The van der Waals surface area contributed by atoms with E-state index in [2.05, 4.69) is 78.9 Å². The van der Waals surface area contributed by atoms with Crippen molar-refractivity contribution in [3.63, 3.8) is 0 Å². The van der Waals surface area contributed by atoms with Gasteiger partial charge in [-0.3, -0.25) is 9.00 Å². The molecule has 3 saturated heterocycles. The van der Waals surface area contributed by atoms with E-state index < -0.39 is 15.4 Å². The van der Waals surface area contributed by atoms with Gasteiger partial charge in [-0.1, -0.05) is 127 Å². The van der Waals surface area contributed by atoms with E-state index >= 15 is 0 Å². The molecule has 0 aromatic heterocycles. The van der Waals surface area contributed by atoms with Gasteiger partial charge in [-0.2, -0.15) is 0 Å². The Bertz CT molecular complexity index is 1320. The van der Waals surface area contributed by atoms with Crippen molar-refractivity contribution in [2.45, 2.75) is 21.0 Å². The molecular weight excluding hydrogens is 480 g/mol. The zero-order chi connectivity index (χ0) is 24.5. The fraction of sp³-hybridized carbons (Fsp3) is 0.156. The van der Waals surface area contributed by atoms with Crippen LogP contribution in [-0.2, 0) is 15.6 Å². The molecule has 7 rings (SSSR count). The largest absolute Gasteiger partial charge is 0.297 e. The second-order valence-electron chi connectivity index (χ2n) is 9.27. The summed E-state index contributed by atoms with van der Waals surface area (Å²) in [5.41, 5.74) is 5.55. The van der Waals surface area contributed by atoms with Gasteiger partial charge in [0.1, 0.15) is 9.16 Å². The van der Waals surface area contributed by atoms with Crippen LogP contribution in [0.2, 0.25) is 0 Å². The molecule has 0 radical (unpaired) electrons. The Kier molecular flexibility index (Phi) is 6.47. The van der Waals surface area contributed by atoms with Crippen molar-refractivity contribution < 1.29 is 9.00 Å². The predicted octanol–water partition coefficient (Wildman–Crippen LogP) is 6.92. The average Bonchev–Trinajstić information content (AvgIpc) is 2.94. The molecule has 0 spiro atoms. The summed E-state index contributed by atoms with van der Waals surface area (Å²) in [4.78, 5) is 14.0. The van der Waals surface area contributed by atoms with Gasteiger partial charge >= 0.3 is 0 Å². The maximum Gasteiger partial charge on any atom is 0.166 e. The van der Waals surface area contributed by atoms with Gasteiger partial charge < -0.3 is 0 Å². The smallest absolute Gasteiger partial charge is 0.166 e. The molecule has 4 heteroatoms. The van der Waals surface area contributed by atoms with Crippen LogP contribution >= 0.6 is 11.8 Å². The highest BCUT2D eigenvalue weighted by Crippen LogP contribution is 2.56. The second-order valence-corrected chi connectivity index (χ2v) is 12.7. The second kappa shape index (κ2) is 10.0. The van der Waals surface area contributed by atoms with Crippen LogP contribution in [0.1, 0.15) is 34.1 Å². The van der Waals surface area contributed by atoms with Gasteiger partial charge in [0.05, 0.1) is 16.7 Å². The maximum absolute atomic E-state index is 14.0. The first-order valence-electron chi connectivity index (χ1n) is 12.2. The topological polar surface area (TPSA) is 34.1 Å². The van der Waals surface area contributed by atoms with Gasteiger partial charge in [-0.25, -0.2) is 0 Å². The zero-order valence-electron chi connectivity index (χ0n) is 19.6. The SMILES string of the molecule is O=C1C(C(c2ccccc2)c2ccccc2)C(=CC(c2ccccc2)c2ccccc2)C2S[C@@H]1S2=O. The lowest BCUT2D eigenvalue weighted by atomic mass is 9.73. The molecule has 0 saturated carbocycles. The molecule has 3 fully saturated rings. The van der Waals surface area contributed by atoms with E-state index in [1.165, 1.54) is 0 Å². The van der Waals surface area contributed by atoms with Crippen LogP contribution in [0.15, 0.2) is 133 Å². The molecule has 3 unspecified atom stereocenters. The Morgan fingerprint density at radius 2 is 1.03 bits per heavy atom. The van der Waals surface area contributed by atoms with Crippen LogP contribution in [0.3, 0.4) is 0 Å². The third kappa shape index (κ3) is 4.19. The summed E-state index contributed by atoms with van der Waals surface area (Å²) in [6.07, 6.45) is 2.25. The maximum atomic E-state index is 14.0. The Balaban J connectivity index is 1.54. The van der Waals surface area contributed by atoms with Gasteiger partial charge in [-0.05, 0) is 27.8 Å². The van der Waals surface area contributed by atoms with Crippen LogP contribution in [-0.4, -0.2) is 19.2 Å². The minimum atomic E-state index is -1.18. The fourth-order valence-corrected chi connectivity index (χ4v) is 8.83. The number of carbonyl (C=O) groups is 1. The van der Waals surface area contributed by atoms with Crippen LogP contribution in [0.4, 0.5) is 0 Å². The highest BCUT2D eigenvalue weighted by Gasteiger charge is 2.57. The highest BCUT2D eigenvalue weighted by molar-refractivity contribution is 8.28. The Morgan fingerprint density at radius 3 is 1.44 bits per heavy atom. The minimum Gasteiger partial charge on any atom is -0.297 e. The van der Waals surface area contributed by atoms with Gasteiger partial charge in [0.2, 0.25) is 0 Å². The normalized spacial score (nSPS) is 24.2. The van der Waals surface area contributed by atoms with Crippen molar-refractivity contribution in [1.82, 2.24) is 0 Å². The quantitative estimate of drug-likeness (QED) is 0.266. The van der Waals surface area contributed by atoms with E-state index in [9.17, 15) is 9.00 Å². The number of fused-ring (bicyclic) bond motifs is 2. The molecule has 4 aromatic carbocycles. The van der Waals surface area contributed by atoms with Crippen molar-refractivity contribution in [3.8, 4) is 0 Å². The number of carbonyl (C=O) groups excluding carboxylic acids is 1. The summed E-state index contributed by atoms with van der Waals surface area (Å²) in [6.45, 7) is 0. The first kappa shape index (κ1) is 23.2. The Hall–Kier alpha value is -3.21. The summed E-state index contributed by atoms with van der Waals surface area (Å²) >= 11 is 1.57. The molecule has 3 aliphatic heterocycles. The minimum absolute atomic E-state index is 0.0281. The van der Waals surface area contributed by atoms with Crippen molar-refractivity contribution in [1.29, 1.82) is 0 Å². The molecule has 2 bridgehead atoms. The number of ketones is 1. The van der Waals surface area contributed by atoms with E-state index in [-0.39, 0.29) is 28.1 Å². The summed E-state index contributed by atoms with van der Waals surface area (Å²) in [6, 6.07) is 41.4. The number of allylic oxidation sites excluding steroid dienone is 1. The predicted molar refractivity (Wildman–Crippen MR) is 149 cm³/mol. The van der Waals surface area contributed by atoms with E-state index in [1.807, 2.05) is 48.5 Å². The Morgan fingerprint density at radius 1 is 0.611 bits per heavy atom. The lowest BCUT2D eigenvalue weighted by Gasteiger charge is -2.47. The zero-order valence-corrected chi connectivity index (χ0v) is 21.3. The van der Waals surface area contributed by atoms with Crippen molar-refractivity contribution >= 4 is 28.3 Å². The molecule has 0 amide bonds. The van der Waals surface area contributed by atoms with Gasteiger partial charge in [0, 0.05) is 11.8 Å². The molecule has 178 valence electrons. The van der Waals surface area contributed by atoms with Crippen LogP contribution in [0.25, 0.3) is 0 Å². The first-order valence-corrected chi connectivity index (χ1v) is 14.4. The number of rotatable bonds is 6. The summed E-state index contributed by atoms with van der Waals surface area (Å²) < 4.78 is 12.6.